The Morgan fingerprint density at radius 3 is 2.45 bits per heavy atom. The van der Waals surface area contributed by atoms with Crippen LogP contribution in [-0.2, 0) is 17.8 Å². The van der Waals surface area contributed by atoms with Gasteiger partial charge in [0.1, 0.15) is 5.75 Å². The van der Waals surface area contributed by atoms with Crippen LogP contribution in [0.1, 0.15) is 49.7 Å². The van der Waals surface area contributed by atoms with Gasteiger partial charge in [0, 0.05) is 44.5 Å². The monoisotopic (exact) mass is 523 g/mol. The summed E-state index contributed by atoms with van der Waals surface area (Å²) in [6.07, 6.45) is 7.45. The molecule has 38 heavy (non-hydrogen) atoms. The number of ether oxygens (including phenoxy) is 3. The fourth-order valence-electron chi connectivity index (χ4n) is 5.02. The Bertz CT molecular complexity index is 1120. The molecule has 3 amide bonds. The summed E-state index contributed by atoms with van der Waals surface area (Å²) in [5.74, 6) is 2.92. The number of carbonyl (C=O) groups is 2. The van der Waals surface area contributed by atoms with E-state index < -0.39 is 0 Å². The summed E-state index contributed by atoms with van der Waals surface area (Å²) in [4.78, 5) is 30.9. The lowest BCUT2D eigenvalue weighted by molar-refractivity contribution is -0.127. The Morgan fingerprint density at radius 2 is 1.76 bits per heavy atom. The second-order valence-corrected chi connectivity index (χ2v) is 10.4. The maximum atomic E-state index is 13.5. The molecular weight excluding hydrogens is 482 g/mol. The molecule has 8 nitrogen and oxygen atoms in total. The molecule has 0 spiro atoms. The molecule has 4 rings (SSSR count). The summed E-state index contributed by atoms with van der Waals surface area (Å²) in [6.45, 7) is 2.39. The van der Waals surface area contributed by atoms with Crippen molar-refractivity contribution >= 4 is 17.6 Å². The predicted octanol–water partition coefficient (Wildman–Crippen LogP) is 5.13. The van der Waals surface area contributed by atoms with Crippen molar-refractivity contribution < 1.29 is 23.8 Å². The first kappa shape index (κ1) is 27.6. The second kappa shape index (κ2) is 12.9. The van der Waals surface area contributed by atoms with Gasteiger partial charge in [-0.05, 0) is 48.9 Å². The molecule has 0 radical (unpaired) electrons. The Kier molecular flexibility index (Phi) is 9.37. The van der Waals surface area contributed by atoms with E-state index in [0.29, 0.717) is 49.9 Å². The topological polar surface area (TPSA) is 71.6 Å². The van der Waals surface area contributed by atoms with Gasteiger partial charge in [-0.3, -0.25) is 9.69 Å². The molecule has 2 aromatic carbocycles. The van der Waals surface area contributed by atoms with Gasteiger partial charge in [-0.25, -0.2) is 4.79 Å². The highest BCUT2D eigenvalue weighted by Crippen LogP contribution is 2.35. The molecule has 2 aliphatic rings. The average molecular weight is 524 g/mol. The van der Waals surface area contributed by atoms with Crippen LogP contribution in [0.5, 0.6) is 17.2 Å². The third kappa shape index (κ3) is 6.71. The molecule has 1 saturated carbocycles. The number of amides is 3. The SMILES string of the molecule is COc1cc(CC(=O)N(C)C)ccc1CN1CCCN(c2ccc(OC)c(OCCCC3CCC3)c2)C1=O. The normalized spacial score (nSPS) is 15.7. The number of hydrogen-bond acceptors (Lipinski definition) is 5. The van der Waals surface area contributed by atoms with Crippen LogP contribution in [0.25, 0.3) is 0 Å². The molecule has 0 atom stereocenters. The molecule has 8 heteroatoms. The quantitative estimate of drug-likeness (QED) is 0.361. The molecule has 1 heterocycles. The average Bonchev–Trinajstić information content (AvgIpc) is 2.89. The first-order valence-electron chi connectivity index (χ1n) is 13.6. The Labute approximate surface area is 226 Å². The summed E-state index contributed by atoms with van der Waals surface area (Å²) in [7, 11) is 6.75. The maximum Gasteiger partial charge on any atom is 0.324 e. The Morgan fingerprint density at radius 1 is 0.974 bits per heavy atom. The number of urea groups is 1. The highest BCUT2D eigenvalue weighted by molar-refractivity contribution is 5.93. The van der Waals surface area contributed by atoms with Crippen molar-refractivity contribution in [2.75, 3.05) is 52.9 Å². The lowest BCUT2D eigenvalue weighted by atomic mass is 9.82. The Hall–Kier alpha value is -3.42. The predicted molar refractivity (Wildman–Crippen MR) is 148 cm³/mol. The summed E-state index contributed by atoms with van der Waals surface area (Å²) >= 11 is 0. The molecule has 0 aromatic heterocycles. The minimum Gasteiger partial charge on any atom is -0.496 e. The lowest BCUT2D eigenvalue weighted by Crippen LogP contribution is -2.49. The van der Waals surface area contributed by atoms with Gasteiger partial charge in [0.25, 0.3) is 0 Å². The van der Waals surface area contributed by atoms with Crippen molar-refractivity contribution in [2.45, 2.75) is 51.5 Å². The van der Waals surface area contributed by atoms with E-state index in [1.165, 1.54) is 25.7 Å². The highest BCUT2D eigenvalue weighted by Gasteiger charge is 2.28. The van der Waals surface area contributed by atoms with Crippen LogP contribution in [0, 0.1) is 5.92 Å². The number of nitrogens with zero attached hydrogens (tertiary/aromatic N) is 3. The summed E-state index contributed by atoms with van der Waals surface area (Å²) in [5, 5.41) is 0. The van der Waals surface area contributed by atoms with Crippen LogP contribution in [0.15, 0.2) is 36.4 Å². The standard InChI is InChI=1S/C30H41N3O5/c1-31(2)29(34)19-23-11-12-24(27(18-23)37-4)21-32-15-7-16-33(30(32)35)25-13-14-26(36-3)28(20-25)38-17-6-10-22-8-5-9-22/h11-14,18,20,22H,5-10,15-17,19,21H2,1-4H3. The zero-order valence-electron chi connectivity index (χ0n) is 23.2. The fraction of sp³-hybridized carbons (Fsp3) is 0.533. The summed E-state index contributed by atoms with van der Waals surface area (Å²) in [5.41, 5.74) is 2.60. The second-order valence-electron chi connectivity index (χ2n) is 10.4. The number of anilines is 1. The molecular formula is C30H41N3O5. The molecule has 0 bridgehead atoms. The molecule has 2 fully saturated rings. The van der Waals surface area contributed by atoms with Crippen molar-refractivity contribution in [3.05, 3.63) is 47.5 Å². The van der Waals surface area contributed by atoms with Crippen molar-refractivity contribution in [2.24, 2.45) is 5.92 Å². The molecule has 1 saturated heterocycles. The number of carbonyl (C=O) groups excluding carboxylic acids is 2. The number of benzene rings is 2. The van der Waals surface area contributed by atoms with Gasteiger partial charge in [0.2, 0.25) is 5.91 Å². The van der Waals surface area contributed by atoms with Crippen LogP contribution in [0.2, 0.25) is 0 Å². The molecule has 0 N–H and O–H groups in total. The minimum atomic E-state index is -0.0498. The number of hydrogen-bond donors (Lipinski definition) is 0. The van der Waals surface area contributed by atoms with Crippen molar-refractivity contribution in [3.8, 4) is 17.2 Å². The van der Waals surface area contributed by atoms with Crippen LogP contribution in [-0.4, -0.2) is 69.7 Å². The maximum absolute atomic E-state index is 13.5. The molecule has 1 aliphatic carbocycles. The zero-order chi connectivity index (χ0) is 27.1. The van der Waals surface area contributed by atoms with E-state index in [1.807, 2.05) is 41.3 Å². The largest absolute Gasteiger partial charge is 0.496 e. The van der Waals surface area contributed by atoms with Crippen LogP contribution >= 0.6 is 0 Å². The van der Waals surface area contributed by atoms with Crippen molar-refractivity contribution in [1.29, 1.82) is 0 Å². The van der Waals surface area contributed by atoms with Crippen LogP contribution in [0.4, 0.5) is 10.5 Å². The molecule has 2 aromatic rings. The molecule has 1 aliphatic heterocycles. The highest BCUT2D eigenvalue weighted by atomic mass is 16.5. The third-order valence-electron chi connectivity index (χ3n) is 7.58. The molecule has 0 unspecified atom stereocenters. The van der Waals surface area contributed by atoms with Crippen molar-refractivity contribution in [3.63, 3.8) is 0 Å². The van der Waals surface area contributed by atoms with Crippen molar-refractivity contribution in [1.82, 2.24) is 9.80 Å². The van der Waals surface area contributed by atoms with E-state index in [0.717, 1.165) is 35.6 Å². The number of methoxy groups -OCH3 is 2. The third-order valence-corrected chi connectivity index (χ3v) is 7.58. The Balaban J connectivity index is 1.43. The van der Waals surface area contributed by atoms with Crippen LogP contribution < -0.4 is 19.1 Å². The van der Waals surface area contributed by atoms with Gasteiger partial charge >= 0.3 is 6.03 Å². The zero-order valence-corrected chi connectivity index (χ0v) is 23.2. The van der Waals surface area contributed by atoms with E-state index in [9.17, 15) is 9.59 Å². The number of rotatable bonds is 12. The first-order valence-corrected chi connectivity index (χ1v) is 13.6. The van der Waals surface area contributed by atoms with E-state index in [2.05, 4.69) is 0 Å². The molecule has 206 valence electrons. The summed E-state index contributed by atoms with van der Waals surface area (Å²) in [6, 6.07) is 11.4. The van der Waals surface area contributed by atoms with E-state index >= 15 is 0 Å². The lowest BCUT2D eigenvalue weighted by Gasteiger charge is -2.36. The van der Waals surface area contributed by atoms with Gasteiger partial charge in [-0.2, -0.15) is 0 Å². The van der Waals surface area contributed by atoms with Gasteiger partial charge in [-0.15, -0.1) is 0 Å². The minimum absolute atomic E-state index is 0.0304. The van der Waals surface area contributed by atoms with E-state index in [-0.39, 0.29) is 11.9 Å². The fourth-order valence-corrected chi connectivity index (χ4v) is 5.02. The van der Waals surface area contributed by atoms with Gasteiger partial charge < -0.3 is 24.0 Å². The van der Waals surface area contributed by atoms with E-state index in [4.69, 9.17) is 14.2 Å². The van der Waals surface area contributed by atoms with Gasteiger partial charge in [0.05, 0.1) is 33.8 Å². The first-order chi connectivity index (χ1) is 18.4. The van der Waals surface area contributed by atoms with Gasteiger partial charge in [0.15, 0.2) is 11.5 Å². The smallest absolute Gasteiger partial charge is 0.324 e. The van der Waals surface area contributed by atoms with Crippen LogP contribution in [0.3, 0.4) is 0 Å². The van der Waals surface area contributed by atoms with E-state index in [1.54, 1.807) is 38.1 Å². The summed E-state index contributed by atoms with van der Waals surface area (Å²) < 4.78 is 17.2. The number of likely N-dealkylation sites (N-methyl/N-ethyl adjacent to an activating group) is 1. The van der Waals surface area contributed by atoms with Gasteiger partial charge in [-0.1, -0.05) is 31.4 Å².